The van der Waals surface area contributed by atoms with Gasteiger partial charge in [0, 0.05) is 48.8 Å². The van der Waals surface area contributed by atoms with Gasteiger partial charge in [-0.2, -0.15) is 5.10 Å². The molecule has 2 aliphatic rings. The number of hydrogen-bond donors (Lipinski definition) is 2. The Morgan fingerprint density at radius 2 is 2.00 bits per heavy atom. The number of aryl methyl sites for hydroxylation is 2. The van der Waals surface area contributed by atoms with Crippen LogP contribution in [0.3, 0.4) is 0 Å². The number of fused-ring (bicyclic) bond motifs is 1. The molecule has 1 aliphatic heterocycles. The predicted octanol–water partition coefficient (Wildman–Crippen LogP) is 4.86. The van der Waals surface area contributed by atoms with Crippen LogP contribution >= 0.6 is 0 Å². The molecule has 1 aliphatic carbocycles. The fraction of sp³-hybridized carbons (Fsp3) is 0.600. The van der Waals surface area contributed by atoms with Gasteiger partial charge in [0.2, 0.25) is 5.91 Å². The minimum absolute atomic E-state index is 0.0836. The number of allylic oxidation sites excluding steroid dienone is 1. The highest BCUT2D eigenvalue weighted by molar-refractivity contribution is 5.82. The first-order valence-corrected chi connectivity index (χ1v) is 11.5. The normalized spacial score (nSPS) is 17.4. The first-order chi connectivity index (χ1) is 14.7. The monoisotopic (exact) mass is 424 g/mol. The van der Waals surface area contributed by atoms with Crippen molar-refractivity contribution >= 4 is 12.0 Å². The second kappa shape index (κ2) is 8.65. The summed E-state index contributed by atoms with van der Waals surface area (Å²) < 4.78 is 5.42. The molecule has 3 heterocycles. The molecule has 0 bridgehead atoms. The third-order valence-electron chi connectivity index (χ3n) is 6.67. The zero-order valence-electron chi connectivity index (χ0n) is 19.6. The molecule has 1 fully saturated rings. The molecule has 2 aromatic heterocycles. The number of amides is 1. The molecule has 31 heavy (non-hydrogen) atoms. The van der Waals surface area contributed by atoms with Gasteiger partial charge in [-0.05, 0) is 68.6 Å². The molecule has 2 aromatic rings. The van der Waals surface area contributed by atoms with Crippen LogP contribution in [0.4, 0.5) is 0 Å². The van der Waals surface area contributed by atoms with Crippen LogP contribution in [0.1, 0.15) is 69.0 Å². The zero-order chi connectivity index (χ0) is 22.2. The van der Waals surface area contributed by atoms with E-state index in [1.54, 1.807) is 0 Å². The van der Waals surface area contributed by atoms with E-state index < -0.39 is 0 Å². The molecule has 1 amide bonds. The number of nitrogens with one attached hydrogen (secondary N) is 2. The summed E-state index contributed by atoms with van der Waals surface area (Å²) in [5.74, 6) is 0.307. The Kier molecular flexibility index (Phi) is 6.11. The van der Waals surface area contributed by atoms with E-state index in [0.717, 1.165) is 61.3 Å². The number of rotatable bonds is 5. The minimum atomic E-state index is 0.0836. The molecule has 0 atom stereocenters. The van der Waals surface area contributed by atoms with Gasteiger partial charge >= 0.3 is 0 Å². The van der Waals surface area contributed by atoms with Crippen molar-refractivity contribution in [2.24, 2.45) is 11.3 Å². The van der Waals surface area contributed by atoms with Gasteiger partial charge in [0.25, 0.3) is 0 Å². The first kappa shape index (κ1) is 21.9. The summed E-state index contributed by atoms with van der Waals surface area (Å²) in [7, 11) is 1.92. The van der Waals surface area contributed by atoms with Crippen molar-refractivity contribution in [3.8, 4) is 11.4 Å². The van der Waals surface area contributed by atoms with Crippen LogP contribution in [0.2, 0.25) is 0 Å². The standard InChI is InChI=1S/C25H36N4O2/c1-16-20(8-11-25(2,3)4)23(28-27-16)22-15-18-14-19(6-7-21(18)26-22)29(5)24(30)17-9-12-31-13-10-17/h14-15,17,26H,6-13H2,1-5H3,(H,27,28). The van der Waals surface area contributed by atoms with Crippen LogP contribution in [-0.2, 0) is 22.4 Å². The molecule has 0 aromatic carbocycles. The second-order valence-corrected chi connectivity index (χ2v) is 10.3. The number of ether oxygens (including phenoxy) is 1. The van der Waals surface area contributed by atoms with E-state index in [4.69, 9.17) is 4.74 Å². The molecule has 1 saturated heterocycles. The number of nitrogens with zero attached hydrogens (tertiary/aromatic N) is 2. The number of hydrogen-bond acceptors (Lipinski definition) is 3. The largest absolute Gasteiger partial charge is 0.381 e. The number of carbonyl (C=O) groups is 1. The summed E-state index contributed by atoms with van der Waals surface area (Å²) in [4.78, 5) is 18.4. The molecule has 2 N–H and O–H groups in total. The summed E-state index contributed by atoms with van der Waals surface area (Å²) >= 11 is 0. The van der Waals surface area contributed by atoms with Gasteiger partial charge < -0.3 is 14.6 Å². The van der Waals surface area contributed by atoms with E-state index >= 15 is 0 Å². The van der Waals surface area contributed by atoms with Crippen LogP contribution in [0.15, 0.2) is 11.8 Å². The first-order valence-electron chi connectivity index (χ1n) is 11.5. The van der Waals surface area contributed by atoms with Gasteiger partial charge in [-0.25, -0.2) is 0 Å². The summed E-state index contributed by atoms with van der Waals surface area (Å²) in [6, 6.07) is 2.19. The number of H-pyrrole nitrogens is 2. The molecule has 168 valence electrons. The summed E-state index contributed by atoms with van der Waals surface area (Å²) in [5, 5.41) is 7.80. The fourth-order valence-corrected chi connectivity index (χ4v) is 4.59. The van der Waals surface area contributed by atoms with Crippen molar-refractivity contribution in [3.05, 3.63) is 34.3 Å². The lowest BCUT2D eigenvalue weighted by atomic mass is 9.88. The molecular formula is C25H36N4O2. The molecule has 6 heteroatoms. The van der Waals surface area contributed by atoms with E-state index in [0.29, 0.717) is 13.2 Å². The smallest absolute Gasteiger partial charge is 0.229 e. The quantitative estimate of drug-likeness (QED) is 0.719. The Hall–Kier alpha value is -2.34. The Labute approximate surface area is 185 Å². The topological polar surface area (TPSA) is 74.0 Å². The number of carbonyl (C=O) groups excluding carboxylic acids is 1. The van der Waals surface area contributed by atoms with Crippen LogP contribution in [0.5, 0.6) is 0 Å². The van der Waals surface area contributed by atoms with Gasteiger partial charge in [0.1, 0.15) is 5.69 Å². The Balaban J connectivity index is 1.55. The molecule has 0 spiro atoms. The van der Waals surface area contributed by atoms with Gasteiger partial charge in [0.05, 0.1) is 5.69 Å². The van der Waals surface area contributed by atoms with Crippen molar-refractivity contribution in [1.82, 2.24) is 20.1 Å². The van der Waals surface area contributed by atoms with Crippen molar-refractivity contribution in [2.45, 2.75) is 66.2 Å². The lowest BCUT2D eigenvalue weighted by Gasteiger charge is -2.29. The summed E-state index contributed by atoms with van der Waals surface area (Å²) in [5.41, 5.74) is 8.32. The van der Waals surface area contributed by atoms with Crippen molar-refractivity contribution < 1.29 is 9.53 Å². The van der Waals surface area contributed by atoms with Crippen LogP contribution < -0.4 is 0 Å². The van der Waals surface area contributed by atoms with Gasteiger partial charge in [-0.1, -0.05) is 20.8 Å². The van der Waals surface area contributed by atoms with E-state index in [1.807, 2.05) is 11.9 Å². The fourth-order valence-electron chi connectivity index (χ4n) is 4.59. The van der Waals surface area contributed by atoms with E-state index in [1.165, 1.54) is 16.8 Å². The molecule has 6 nitrogen and oxygen atoms in total. The average Bonchev–Trinajstić information content (AvgIpc) is 3.33. The minimum Gasteiger partial charge on any atom is -0.381 e. The van der Waals surface area contributed by atoms with Crippen molar-refractivity contribution in [1.29, 1.82) is 0 Å². The van der Waals surface area contributed by atoms with Gasteiger partial charge in [-0.3, -0.25) is 9.89 Å². The van der Waals surface area contributed by atoms with Gasteiger partial charge in [-0.15, -0.1) is 0 Å². The average molecular weight is 425 g/mol. The third kappa shape index (κ3) is 4.79. The van der Waals surface area contributed by atoms with E-state index in [-0.39, 0.29) is 17.2 Å². The Morgan fingerprint density at radius 3 is 2.71 bits per heavy atom. The maximum atomic E-state index is 12.9. The van der Waals surface area contributed by atoms with Crippen molar-refractivity contribution in [2.75, 3.05) is 20.3 Å². The molecular weight excluding hydrogens is 388 g/mol. The lowest BCUT2D eigenvalue weighted by molar-refractivity contribution is -0.135. The van der Waals surface area contributed by atoms with E-state index in [2.05, 4.69) is 55.0 Å². The summed E-state index contributed by atoms with van der Waals surface area (Å²) in [6.07, 6.45) is 7.72. The predicted molar refractivity (Wildman–Crippen MR) is 123 cm³/mol. The highest BCUT2D eigenvalue weighted by Gasteiger charge is 2.28. The van der Waals surface area contributed by atoms with Crippen molar-refractivity contribution in [3.63, 3.8) is 0 Å². The highest BCUT2D eigenvalue weighted by atomic mass is 16.5. The zero-order valence-corrected chi connectivity index (χ0v) is 19.6. The molecule has 0 unspecified atom stereocenters. The Morgan fingerprint density at radius 1 is 1.26 bits per heavy atom. The highest BCUT2D eigenvalue weighted by Crippen LogP contribution is 2.33. The van der Waals surface area contributed by atoms with Crippen LogP contribution in [-0.4, -0.2) is 46.2 Å². The maximum absolute atomic E-state index is 12.9. The second-order valence-electron chi connectivity index (χ2n) is 10.3. The van der Waals surface area contributed by atoms with Gasteiger partial charge in [0.15, 0.2) is 0 Å². The third-order valence-corrected chi connectivity index (χ3v) is 6.67. The van der Waals surface area contributed by atoms with Crippen LogP contribution in [0, 0.1) is 18.3 Å². The number of aromatic amines is 2. The lowest BCUT2D eigenvalue weighted by Crippen LogP contribution is -2.35. The molecule has 0 saturated carbocycles. The summed E-state index contributed by atoms with van der Waals surface area (Å²) in [6.45, 7) is 10.3. The SMILES string of the molecule is Cc1[nH]nc(-c2cc3c([nH]2)CCC(N(C)C(=O)C2CCOCC2)=C3)c1CCC(C)(C)C. The Bertz CT molecular complexity index is 970. The number of aromatic nitrogens is 3. The van der Waals surface area contributed by atoms with Crippen LogP contribution in [0.25, 0.3) is 17.5 Å². The molecule has 4 rings (SSSR count). The van der Waals surface area contributed by atoms with E-state index in [9.17, 15) is 4.79 Å². The molecule has 0 radical (unpaired) electrons. The maximum Gasteiger partial charge on any atom is 0.229 e.